The minimum Gasteiger partial charge on any atom is -0.472 e. The Balaban J connectivity index is 2.22. The zero-order valence-electron chi connectivity index (χ0n) is 19.2. The summed E-state index contributed by atoms with van der Waals surface area (Å²) in [5.74, 6) is 0.175. The number of pyridine rings is 1. The Morgan fingerprint density at radius 2 is 1.88 bits per heavy atom. The summed E-state index contributed by atoms with van der Waals surface area (Å²) in [5, 5.41) is 0. The van der Waals surface area contributed by atoms with Crippen LogP contribution in [-0.2, 0) is 20.9 Å². The lowest BCUT2D eigenvalue weighted by molar-refractivity contribution is -0.137. The summed E-state index contributed by atoms with van der Waals surface area (Å²) in [6.07, 6.45) is -4.80. The van der Waals surface area contributed by atoms with E-state index in [1.54, 1.807) is 12.1 Å². The molecule has 1 aliphatic rings. The Morgan fingerprint density at radius 1 is 1.18 bits per heavy atom. The van der Waals surface area contributed by atoms with Crippen LogP contribution in [0.1, 0.15) is 33.3 Å². The molecule has 2 heterocycles. The number of hydrogen-bond acceptors (Lipinski definition) is 6. The fourth-order valence-corrected chi connectivity index (χ4v) is 4.29. The van der Waals surface area contributed by atoms with E-state index in [4.69, 9.17) is 9.47 Å². The highest BCUT2D eigenvalue weighted by atomic mass is 32.2. The summed E-state index contributed by atoms with van der Waals surface area (Å²) >= 11 is 0. The predicted octanol–water partition coefficient (Wildman–Crippen LogP) is 4.08. The number of nitrogens with zero attached hydrogens (tertiary/aromatic N) is 2. The molecule has 1 fully saturated rings. The first-order valence-electron chi connectivity index (χ1n) is 10.4. The van der Waals surface area contributed by atoms with Crippen molar-refractivity contribution in [2.24, 2.45) is 0 Å². The van der Waals surface area contributed by atoms with Gasteiger partial charge in [0.15, 0.2) is 0 Å². The number of hydrogen-bond donors (Lipinski definition) is 1. The molecule has 0 bridgehead atoms. The highest BCUT2D eigenvalue weighted by molar-refractivity contribution is 7.89. The maximum atomic E-state index is 14.0. The monoisotopic (exact) mass is 487 g/mol. The quantitative estimate of drug-likeness (QED) is 0.685. The molecule has 1 atom stereocenters. The molecule has 33 heavy (non-hydrogen) atoms. The van der Waals surface area contributed by atoms with Crippen LogP contribution >= 0.6 is 0 Å². The number of anilines is 1. The van der Waals surface area contributed by atoms with Crippen LogP contribution in [0.4, 0.5) is 18.9 Å². The van der Waals surface area contributed by atoms with Crippen molar-refractivity contribution in [3.05, 3.63) is 35.9 Å². The number of ether oxygens (including phenoxy) is 2. The fourth-order valence-electron chi connectivity index (χ4n) is 3.54. The van der Waals surface area contributed by atoms with Crippen LogP contribution in [0, 0.1) is 0 Å². The molecule has 1 aliphatic heterocycles. The molecule has 0 aliphatic carbocycles. The number of rotatable bonds is 5. The van der Waals surface area contributed by atoms with E-state index in [9.17, 15) is 21.6 Å². The molecule has 182 valence electrons. The Labute approximate surface area is 192 Å². The largest absolute Gasteiger partial charge is 0.472 e. The van der Waals surface area contributed by atoms with Gasteiger partial charge < -0.3 is 14.4 Å². The van der Waals surface area contributed by atoms with Crippen molar-refractivity contribution >= 4 is 15.7 Å². The molecule has 0 unspecified atom stereocenters. The summed E-state index contributed by atoms with van der Waals surface area (Å²) < 4.78 is 79.6. The minimum atomic E-state index is -4.80. The number of morpholine rings is 1. The van der Waals surface area contributed by atoms with Gasteiger partial charge >= 0.3 is 6.18 Å². The Hall–Kier alpha value is -2.37. The molecular formula is C22H28F3N3O4S. The maximum Gasteiger partial charge on any atom is 0.417 e. The first-order valence-corrected chi connectivity index (χ1v) is 11.9. The smallest absolute Gasteiger partial charge is 0.417 e. The lowest BCUT2D eigenvalue weighted by Crippen LogP contribution is -2.43. The summed E-state index contributed by atoms with van der Waals surface area (Å²) in [6, 6.07) is 6.14. The minimum absolute atomic E-state index is 0.00159. The van der Waals surface area contributed by atoms with Gasteiger partial charge in [0.1, 0.15) is 5.60 Å². The van der Waals surface area contributed by atoms with Crippen LogP contribution in [0.15, 0.2) is 35.2 Å². The van der Waals surface area contributed by atoms with E-state index < -0.39 is 32.3 Å². The van der Waals surface area contributed by atoms with Gasteiger partial charge in [-0.1, -0.05) is 6.07 Å². The third kappa shape index (κ3) is 5.96. The van der Waals surface area contributed by atoms with Gasteiger partial charge in [0.2, 0.25) is 15.9 Å². The van der Waals surface area contributed by atoms with Crippen molar-refractivity contribution in [1.29, 1.82) is 0 Å². The van der Waals surface area contributed by atoms with Gasteiger partial charge in [-0.15, -0.1) is 0 Å². The van der Waals surface area contributed by atoms with Crippen molar-refractivity contribution in [2.75, 3.05) is 31.7 Å². The van der Waals surface area contributed by atoms with Crippen LogP contribution in [-0.4, -0.2) is 51.9 Å². The van der Waals surface area contributed by atoms with Gasteiger partial charge in [0.05, 0.1) is 29.4 Å². The first kappa shape index (κ1) is 25.3. The molecule has 1 aromatic heterocycles. The zero-order valence-corrected chi connectivity index (χ0v) is 20.0. The molecule has 7 nitrogen and oxygen atoms in total. The molecule has 2 aromatic rings. The van der Waals surface area contributed by atoms with E-state index in [0.29, 0.717) is 31.5 Å². The molecule has 3 rings (SSSR count). The molecule has 0 radical (unpaired) electrons. The van der Waals surface area contributed by atoms with Crippen LogP contribution in [0.3, 0.4) is 0 Å². The number of aromatic nitrogens is 1. The topological polar surface area (TPSA) is 80.8 Å². The maximum absolute atomic E-state index is 14.0. The van der Waals surface area contributed by atoms with Gasteiger partial charge in [0.25, 0.3) is 0 Å². The van der Waals surface area contributed by atoms with E-state index >= 15 is 0 Å². The summed E-state index contributed by atoms with van der Waals surface area (Å²) in [4.78, 5) is 5.89. The van der Waals surface area contributed by atoms with E-state index in [2.05, 4.69) is 4.98 Å². The van der Waals surface area contributed by atoms with Crippen molar-refractivity contribution < 1.29 is 31.1 Å². The molecular weight excluding hydrogens is 459 g/mol. The molecule has 0 amide bonds. The Bertz CT molecular complexity index is 1110. The van der Waals surface area contributed by atoms with Gasteiger partial charge in [-0.3, -0.25) is 0 Å². The first-order chi connectivity index (χ1) is 15.2. The second kappa shape index (κ2) is 9.11. The molecule has 11 heteroatoms. The van der Waals surface area contributed by atoms with E-state index in [1.165, 1.54) is 0 Å². The van der Waals surface area contributed by atoms with Crippen LogP contribution in [0.5, 0.6) is 5.88 Å². The molecule has 0 saturated carbocycles. The molecule has 1 aromatic carbocycles. The van der Waals surface area contributed by atoms with Crippen molar-refractivity contribution in [3.8, 4) is 17.1 Å². The Morgan fingerprint density at radius 3 is 2.45 bits per heavy atom. The average Bonchev–Trinajstić information content (AvgIpc) is 2.71. The van der Waals surface area contributed by atoms with Crippen LogP contribution < -0.4 is 14.4 Å². The number of nitrogens with one attached hydrogen (secondary N) is 1. The predicted molar refractivity (Wildman–Crippen MR) is 119 cm³/mol. The van der Waals surface area contributed by atoms with Crippen LogP contribution in [0.25, 0.3) is 11.3 Å². The molecule has 1 N–H and O–H groups in total. The highest BCUT2D eigenvalue weighted by Crippen LogP contribution is 2.40. The molecule has 0 spiro atoms. The van der Waals surface area contributed by atoms with Gasteiger partial charge in [-0.25, -0.2) is 18.1 Å². The average molecular weight is 488 g/mol. The normalized spacial score (nSPS) is 17.8. The van der Waals surface area contributed by atoms with Crippen molar-refractivity contribution in [2.45, 2.75) is 50.4 Å². The highest BCUT2D eigenvalue weighted by Gasteiger charge is 2.36. The lowest BCUT2D eigenvalue weighted by Gasteiger charge is -2.35. The van der Waals surface area contributed by atoms with Crippen LogP contribution in [0.2, 0.25) is 0 Å². The van der Waals surface area contributed by atoms with E-state index in [-0.39, 0.29) is 23.2 Å². The SMILES string of the molecule is CNS(=O)(=O)c1ccc(-c2cc(N3CCOC[C@H]3C)cc(OC(C)(C)C)n2)c(C(F)(F)F)c1. The number of benzene rings is 1. The fraction of sp³-hybridized carbons (Fsp3) is 0.500. The van der Waals surface area contributed by atoms with Gasteiger partial charge in [-0.2, -0.15) is 13.2 Å². The second-order valence-electron chi connectivity index (χ2n) is 8.79. The summed E-state index contributed by atoms with van der Waals surface area (Å²) in [7, 11) is -2.92. The van der Waals surface area contributed by atoms with Crippen molar-refractivity contribution in [3.63, 3.8) is 0 Å². The second-order valence-corrected chi connectivity index (χ2v) is 10.7. The van der Waals surface area contributed by atoms with Gasteiger partial charge in [-0.05, 0) is 52.9 Å². The Kier molecular flexibility index (Phi) is 6.97. The van der Waals surface area contributed by atoms with E-state index in [1.807, 2.05) is 37.3 Å². The zero-order chi connectivity index (χ0) is 24.6. The lowest BCUT2D eigenvalue weighted by atomic mass is 10.0. The third-order valence-corrected chi connectivity index (χ3v) is 6.46. The third-order valence-electron chi connectivity index (χ3n) is 5.05. The number of halogens is 3. The molecule has 1 saturated heterocycles. The van der Waals surface area contributed by atoms with Crippen molar-refractivity contribution in [1.82, 2.24) is 9.71 Å². The number of sulfonamides is 1. The van der Waals surface area contributed by atoms with E-state index in [0.717, 1.165) is 19.2 Å². The van der Waals surface area contributed by atoms with Gasteiger partial charge in [0, 0.05) is 29.9 Å². The summed E-state index contributed by atoms with van der Waals surface area (Å²) in [6.45, 7) is 8.94. The number of alkyl halides is 3. The summed E-state index contributed by atoms with van der Waals surface area (Å²) in [5.41, 5.74) is -1.28. The standard InChI is InChI=1S/C22H28F3N3O4S/c1-14-13-31-9-8-28(14)15-10-19(27-20(11-15)32-21(2,3)4)17-7-6-16(33(29,30)26-5)12-18(17)22(23,24)25/h6-7,10-12,14,26H,8-9,13H2,1-5H3/t14-/m1/s1.